The van der Waals surface area contributed by atoms with Crippen LogP contribution in [0.15, 0.2) is 58.7 Å². The van der Waals surface area contributed by atoms with Crippen LogP contribution in [-0.2, 0) is 18.9 Å². The molecule has 1 aliphatic carbocycles. The number of fused-ring (bicyclic) bond motifs is 1. The van der Waals surface area contributed by atoms with E-state index in [9.17, 15) is 0 Å². The molecule has 2 aliphatic rings. The molecule has 0 N–H and O–H groups in total. The van der Waals surface area contributed by atoms with Crippen LogP contribution in [-0.4, -0.2) is 52.9 Å². The normalized spacial score (nSPS) is 21.9. The van der Waals surface area contributed by atoms with E-state index in [1.165, 1.54) is 22.3 Å². The fraction of sp³-hybridized carbons (Fsp3) is 0.583. The lowest BCUT2D eigenvalue weighted by Crippen LogP contribution is -2.30. The Bertz CT molecular complexity index is 683. The standard InChI is InChI=1S/C24H36O4/c1-17(2)9-25-12-20-8-24(7)16-28-15-23(24)22(14-27-11-19(5)6)21(20)13-26-10-18(3)4/h1,3,5,8-16H2,2,4,6-7H3. The highest BCUT2D eigenvalue weighted by atomic mass is 16.5. The average molecular weight is 389 g/mol. The summed E-state index contributed by atoms with van der Waals surface area (Å²) < 4.78 is 23.7. The maximum Gasteiger partial charge on any atom is 0.0725 e. The zero-order valence-electron chi connectivity index (χ0n) is 18.1. The Kier molecular flexibility index (Phi) is 8.44. The predicted molar refractivity (Wildman–Crippen MR) is 114 cm³/mol. The van der Waals surface area contributed by atoms with Crippen molar-refractivity contribution in [2.45, 2.75) is 34.1 Å². The summed E-state index contributed by atoms with van der Waals surface area (Å²) in [5.74, 6) is 0. The van der Waals surface area contributed by atoms with E-state index < -0.39 is 0 Å². The van der Waals surface area contributed by atoms with Crippen LogP contribution in [0.5, 0.6) is 0 Å². The van der Waals surface area contributed by atoms with Gasteiger partial charge in [-0.15, -0.1) is 0 Å². The molecule has 0 aromatic rings. The second-order valence-corrected chi connectivity index (χ2v) is 8.62. The Labute approximate surface area is 170 Å². The molecule has 156 valence electrons. The lowest BCUT2D eigenvalue weighted by atomic mass is 9.70. The maximum absolute atomic E-state index is 5.96. The molecule has 0 radical (unpaired) electrons. The van der Waals surface area contributed by atoms with E-state index in [2.05, 4.69) is 26.7 Å². The van der Waals surface area contributed by atoms with Crippen molar-refractivity contribution in [1.29, 1.82) is 0 Å². The van der Waals surface area contributed by atoms with Crippen LogP contribution in [0.1, 0.15) is 34.1 Å². The molecular formula is C24H36O4. The number of ether oxygens (including phenoxy) is 4. The Morgan fingerprint density at radius 1 is 0.857 bits per heavy atom. The van der Waals surface area contributed by atoms with Gasteiger partial charge in [-0.05, 0) is 49.5 Å². The van der Waals surface area contributed by atoms with Crippen LogP contribution in [0, 0.1) is 5.41 Å². The van der Waals surface area contributed by atoms with Gasteiger partial charge in [0.2, 0.25) is 0 Å². The highest BCUT2D eigenvalue weighted by Crippen LogP contribution is 2.47. The molecule has 1 saturated heterocycles. The Balaban J connectivity index is 2.30. The number of hydrogen-bond donors (Lipinski definition) is 0. The van der Waals surface area contributed by atoms with Crippen LogP contribution < -0.4 is 0 Å². The molecule has 0 spiro atoms. The SMILES string of the molecule is C=C(C)COCC1=C(COCC(=C)C)C(COCC(=C)C)=C2COCC2(C)C1. The summed E-state index contributed by atoms with van der Waals surface area (Å²) in [6, 6.07) is 0. The molecule has 1 aliphatic heterocycles. The zero-order valence-corrected chi connectivity index (χ0v) is 18.1. The minimum Gasteiger partial charge on any atom is -0.376 e. The molecule has 28 heavy (non-hydrogen) atoms. The third-order valence-corrected chi connectivity index (χ3v) is 4.97. The number of hydrogen-bond acceptors (Lipinski definition) is 4. The van der Waals surface area contributed by atoms with Crippen LogP contribution >= 0.6 is 0 Å². The fourth-order valence-corrected chi connectivity index (χ4v) is 3.73. The van der Waals surface area contributed by atoms with Gasteiger partial charge in [0.25, 0.3) is 0 Å². The first-order valence-corrected chi connectivity index (χ1v) is 9.91. The second-order valence-electron chi connectivity index (χ2n) is 8.62. The minimum absolute atomic E-state index is 0.00167. The van der Waals surface area contributed by atoms with Gasteiger partial charge in [0.05, 0.1) is 52.9 Å². The first kappa shape index (κ1) is 22.8. The zero-order chi connectivity index (χ0) is 20.7. The van der Waals surface area contributed by atoms with Crippen LogP contribution in [0.3, 0.4) is 0 Å². The molecule has 1 atom stereocenters. The summed E-state index contributed by atoms with van der Waals surface area (Å²) in [7, 11) is 0. The summed E-state index contributed by atoms with van der Waals surface area (Å²) in [6.45, 7) is 24.7. The van der Waals surface area contributed by atoms with Gasteiger partial charge in [0, 0.05) is 5.41 Å². The van der Waals surface area contributed by atoms with Crippen molar-refractivity contribution in [3.63, 3.8) is 0 Å². The lowest BCUT2D eigenvalue weighted by molar-refractivity contribution is 0.141. The van der Waals surface area contributed by atoms with Crippen molar-refractivity contribution < 1.29 is 18.9 Å². The van der Waals surface area contributed by atoms with Crippen molar-refractivity contribution in [2.75, 3.05) is 52.9 Å². The van der Waals surface area contributed by atoms with Gasteiger partial charge in [0.15, 0.2) is 0 Å². The van der Waals surface area contributed by atoms with E-state index in [-0.39, 0.29) is 5.41 Å². The molecule has 2 rings (SSSR count). The summed E-state index contributed by atoms with van der Waals surface area (Å²) in [6.07, 6.45) is 0.925. The van der Waals surface area contributed by atoms with Crippen LogP contribution in [0.2, 0.25) is 0 Å². The van der Waals surface area contributed by atoms with Crippen molar-refractivity contribution in [3.05, 3.63) is 58.7 Å². The molecule has 1 unspecified atom stereocenters. The van der Waals surface area contributed by atoms with Crippen molar-refractivity contribution in [3.8, 4) is 0 Å². The largest absolute Gasteiger partial charge is 0.376 e. The third kappa shape index (κ3) is 6.28. The van der Waals surface area contributed by atoms with Crippen molar-refractivity contribution in [2.24, 2.45) is 5.41 Å². The quantitative estimate of drug-likeness (QED) is 0.450. The summed E-state index contributed by atoms with van der Waals surface area (Å²) in [5, 5.41) is 0. The first-order chi connectivity index (χ1) is 13.2. The number of rotatable bonds is 12. The molecule has 0 aromatic heterocycles. The Hall–Kier alpha value is -1.46. The van der Waals surface area contributed by atoms with Crippen LogP contribution in [0.25, 0.3) is 0 Å². The Morgan fingerprint density at radius 3 is 1.89 bits per heavy atom. The van der Waals surface area contributed by atoms with E-state index in [1.807, 2.05) is 20.8 Å². The van der Waals surface area contributed by atoms with E-state index in [1.54, 1.807) is 0 Å². The molecule has 1 fully saturated rings. The van der Waals surface area contributed by atoms with Crippen molar-refractivity contribution in [1.82, 2.24) is 0 Å². The van der Waals surface area contributed by atoms with Crippen molar-refractivity contribution >= 4 is 0 Å². The molecule has 4 heteroatoms. The Morgan fingerprint density at radius 2 is 1.36 bits per heavy atom. The van der Waals surface area contributed by atoms with Gasteiger partial charge in [-0.3, -0.25) is 0 Å². The highest BCUT2D eigenvalue weighted by molar-refractivity contribution is 5.48. The van der Waals surface area contributed by atoms with E-state index >= 15 is 0 Å². The van der Waals surface area contributed by atoms with Crippen LogP contribution in [0.4, 0.5) is 0 Å². The minimum atomic E-state index is 0.00167. The smallest absolute Gasteiger partial charge is 0.0725 e. The van der Waals surface area contributed by atoms with Gasteiger partial charge < -0.3 is 18.9 Å². The molecule has 0 saturated carbocycles. The highest BCUT2D eigenvalue weighted by Gasteiger charge is 2.42. The average Bonchev–Trinajstić information content (AvgIpc) is 2.97. The van der Waals surface area contributed by atoms with Gasteiger partial charge in [0.1, 0.15) is 0 Å². The fourth-order valence-electron chi connectivity index (χ4n) is 3.73. The predicted octanol–water partition coefficient (Wildman–Crippen LogP) is 4.80. The maximum atomic E-state index is 5.96. The first-order valence-electron chi connectivity index (χ1n) is 9.91. The molecular weight excluding hydrogens is 352 g/mol. The monoisotopic (exact) mass is 388 g/mol. The van der Waals surface area contributed by atoms with Gasteiger partial charge in [-0.25, -0.2) is 0 Å². The van der Waals surface area contributed by atoms with Gasteiger partial charge >= 0.3 is 0 Å². The summed E-state index contributed by atoms with van der Waals surface area (Å²) in [4.78, 5) is 0. The second kappa shape index (κ2) is 10.4. The van der Waals surface area contributed by atoms with E-state index in [4.69, 9.17) is 18.9 Å². The van der Waals surface area contributed by atoms with E-state index in [0.29, 0.717) is 46.2 Å². The van der Waals surface area contributed by atoms with Gasteiger partial charge in [-0.1, -0.05) is 43.4 Å². The topological polar surface area (TPSA) is 36.9 Å². The molecule has 0 amide bonds. The molecule has 1 heterocycles. The van der Waals surface area contributed by atoms with Gasteiger partial charge in [-0.2, -0.15) is 0 Å². The molecule has 0 bridgehead atoms. The molecule has 4 nitrogen and oxygen atoms in total. The van der Waals surface area contributed by atoms with E-state index in [0.717, 1.165) is 29.7 Å². The summed E-state index contributed by atoms with van der Waals surface area (Å²) in [5.41, 5.74) is 8.07. The third-order valence-electron chi connectivity index (χ3n) is 4.97. The molecule has 0 aromatic carbocycles. The lowest BCUT2D eigenvalue weighted by Gasteiger charge is -2.35. The summed E-state index contributed by atoms with van der Waals surface area (Å²) >= 11 is 0.